The van der Waals surface area contributed by atoms with E-state index in [1.54, 1.807) is 5.57 Å². The molecule has 0 atom stereocenters. The quantitative estimate of drug-likeness (QED) is 0.153. The molecule has 0 N–H and O–H groups in total. The molecule has 0 aromatic heterocycles. The van der Waals surface area contributed by atoms with Crippen molar-refractivity contribution in [3.05, 3.63) is 276 Å². The molecular weight excluding hydrogens is 917 g/mol. The summed E-state index contributed by atoms with van der Waals surface area (Å²) in [5, 5.41) is 10.0. The van der Waals surface area contributed by atoms with Crippen LogP contribution in [0, 0.1) is 0 Å². The van der Waals surface area contributed by atoms with Gasteiger partial charge in [-0.15, -0.1) is 0 Å². The zero-order valence-electron chi connectivity index (χ0n) is 42.6. The third kappa shape index (κ3) is 7.46. The van der Waals surface area contributed by atoms with E-state index in [1.165, 1.54) is 138 Å². The lowest BCUT2D eigenvalue weighted by atomic mass is 9.84. The fraction of sp³-hybridized carbons (Fsp3) is 0.108. The van der Waals surface area contributed by atoms with Crippen LogP contribution in [0.15, 0.2) is 265 Å². The average Bonchev–Trinajstić information content (AvgIpc) is 3.84. The van der Waals surface area contributed by atoms with E-state index in [0.29, 0.717) is 0 Å². The molecule has 76 heavy (non-hydrogen) atoms. The number of hydrogen-bond acceptors (Lipinski definition) is 2. The van der Waals surface area contributed by atoms with Crippen molar-refractivity contribution in [1.82, 2.24) is 0 Å². The van der Waals surface area contributed by atoms with Gasteiger partial charge in [0.05, 0.1) is 0 Å². The van der Waals surface area contributed by atoms with Gasteiger partial charge in [-0.1, -0.05) is 200 Å². The van der Waals surface area contributed by atoms with Crippen molar-refractivity contribution >= 4 is 65.8 Å². The van der Waals surface area contributed by atoms with E-state index in [9.17, 15) is 0 Å². The molecule has 2 heteroatoms. The number of fused-ring (bicyclic) bond motifs is 6. The first-order chi connectivity index (χ1) is 37.7. The second-order valence-electron chi connectivity index (χ2n) is 21.2. The smallest absolute Gasteiger partial charge is 0.0493 e. The summed E-state index contributed by atoms with van der Waals surface area (Å²) in [6.45, 7) is 0. The van der Waals surface area contributed by atoms with Crippen LogP contribution in [-0.4, -0.2) is 0 Å². The standard InChI is InChI=1S/C74H56N2/c1-7-23-61-49(15-1)21-13-25-63(61)51-31-39-57(40-32-51)73-65-45-43-60(76-71-29-11-5-19-55(71)37-38-56-20-6-12-30-72(56)76)48-68(65)74(58-41-33-52(34-42-58)64-26-14-22-50-16-2-8-24-62(50)64)66-46-44-59(47-67(66)73)75-69-27-9-3-17-53(69)35-36-54-18-4-10-28-70(54)75/h1-5,7-9,11-19,21-27,29-34,39-48H,6,10,20,28,35-38H2. The van der Waals surface area contributed by atoms with Crippen LogP contribution < -0.4 is 9.80 Å². The Morgan fingerprint density at radius 1 is 0.316 bits per heavy atom. The van der Waals surface area contributed by atoms with Gasteiger partial charge in [0.15, 0.2) is 0 Å². The molecule has 0 saturated heterocycles. The SMILES string of the molecule is C1=CC2=C(CC1)CCc1ccccc1N2c1ccc2c(-c3ccc(-c4cccc5ccccc45)cc3)c3cc(N4C5=C(C=CCC5)CCc5ccccc54)ccc3c(-c3ccc(-c4cccc5ccccc45)cc3)c2c1. The Kier molecular flexibility index (Phi) is 10.8. The average molecular weight is 973 g/mol. The minimum atomic E-state index is 1.02. The van der Waals surface area contributed by atoms with Crippen LogP contribution >= 0.6 is 0 Å². The molecule has 2 aliphatic carbocycles. The van der Waals surface area contributed by atoms with Crippen LogP contribution in [0.3, 0.4) is 0 Å². The van der Waals surface area contributed by atoms with Crippen molar-refractivity contribution in [3.8, 4) is 44.5 Å². The number of rotatable bonds is 6. The van der Waals surface area contributed by atoms with Crippen molar-refractivity contribution in [2.75, 3.05) is 9.80 Å². The van der Waals surface area contributed by atoms with Crippen LogP contribution in [0.2, 0.25) is 0 Å². The normalized spacial score (nSPS) is 15.2. The maximum atomic E-state index is 2.61. The van der Waals surface area contributed by atoms with Gasteiger partial charge < -0.3 is 9.80 Å². The number of hydrogen-bond donors (Lipinski definition) is 0. The molecule has 0 radical (unpaired) electrons. The molecule has 15 rings (SSSR count). The second-order valence-corrected chi connectivity index (χ2v) is 21.2. The van der Waals surface area contributed by atoms with E-state index >= 15 is 0 Å². The first-order valence-corrected chi connectivity index (χ1v) is 27.4. The number of para-hydroxylation sites is 2. The van der Waals surface area contributed by atoms with Crippen molar-refractivity contribution < 1.29 is 0 Å². The number of anilines is 4. The molecule has 0 fully saturated rings. The third-order valence-electron chi connectivity index (χ3n) is 17.0. The van der Waals surface area contributed by atoms with Crippen molar-refractivity contribution in [2.24, 2.45) is 0 Å². The molecule has 0 unspecified atom stereocenters. The topological polar surface area (TPSA) is 6.48 Å². The van der Waals surface area contributed by atoms with Gasteiger partial charge >= 0.3 is 0 Å². The van der Waals surface area contributed by atoms with Crippen LogP contribution in [-0.2, 0) is 12.8 Å². The second kappa shape index (κ2) is 18.4. The number of allylic oxidation sites excluding steroid dienone is 7. The van der Waals surface area contributed by atoms with E-state index in [-0.39, 0.29) is 0 Å². The number of nitrogens with zero attached hydrogens (tertiary/aromatic N) is 2. The highest BCUT2D eigenvalue weighted by molar-refractivity contribution is 6.23. The van der Waals surface area contributed by atoms with Crippen LogP contribution in [0.1, 0.15) is 49.7 Å². The highest BCUT2D eigenvalue weighted by Crippen LogP contribution is 2.51. The Balaban J connectivity index is 1.01. The summed E-state index contributed by atoms with van der Waals surface area (Å²) in [5.41, 5.74) is 23.4. The predicted octanol–water partition coefficient (Wildman–Crippen LogP) is 20.3. The van der Waals surface area contributed by atoms with Crippen molar-refractivity contribution in [3.63, 3.8) is 0 Å². The zero-order chi connectivity index (χ0) is 50.1. The summed E-state index contributed by atoms with van der Waals surface area (Å²) < 4.78 is 0. The fourth-order valence-corrected chi connectivity index (χ4v) is 13.3. The summed E-state index contributed by atoms with van der Waals surface area (Å²) in [7, 11) is 0. The van der Waals surface area contributed by atoms with Gasteiger partial charge in [-0.3, -0.25) is 0 Å². The molecular formula is C74H56N2. The Labute approximate surface area is 445 Å². The van der Waals surface area contributed by atoms with Gasteiger partial charge in [0.25, 0.3) is 0 Å². The predicted molar refractivity (Wildman–Crippen MR) is 323 cm³/mol. The van der Waals surface area contributed by atoms with Crippen molar-refractivity contribution in [2.45, 2.75) is 51.4 Å². The minimum absolute atomic E-state index is 1.02. The van der Waals surface area contributed by atoms with E-state index in [2.05, 4.69) is 252 Å². The molecule has 11 aromatic rings. The fourth-order valence-electron chi connectivity index (χ4n) is 13.3. The maximum absolute atomic E-state index is 2.61. The molecule has 0 amide bonds. The third-order valence-corrected chi connectivity index (χ3v) is 17.0. The number of benzene rings is 11. The summed E-state index contributed by atoms with van der Waals surface area (Å²) >= 11 is 0. The van der Waals surface area contributed by atoms with Crippen molar-refractivity contribution in [1.29, 1.82) is 0 Å². The van der Waals surface area contributed by atoms with Gasteiger partial charge in [-0.05, 0) is 204 Å². The lowest BCUT2D eigenvalue weighted by molar-refractivity contribution is 0.833. The van der Waals surface area contributed by atoms with E-state index in [0.717, 1.165) is 51.4 Å². The molecule has 2 heterocycles. The molecule has 11 aromatic carbocycles. The monoisotopic (exact) mass is 972 g/mol. The van der Waals surface area contributed by atoms with Gasteiger partial charge in [-0.2, -0.15) is 0 Å². The van der Waals surface area contributed by atoms with E-state index in [1.807, 2.05) is 0 Å². The molecule has 2 aliphatic heterocycles. The Morgan fingerprint density at radius 2 is 0.803 bits per heavy atom. The van der Waals surface area contributed by atoms with Crippen LogP contribution in [0.5, 0.6) is 0 Å². The zero-order valence-corrected chi connectivity index (χ0v) is 42.6. The van der Waals surface area contributed by atoms with E-state index < -0.39 is 0 Å². The lowest BCUT2D eigenvalue weighted by Crippen LogP contribution is -2.19. The van der Waals surface area contributed by atoms with E-state index in [4.69, 9.17) is 0 Å². The Hall–Kier alpha value is -8.98. The van der Waals surface area contributed by atoms with Gasteiger partial charge in [-0.25, -0.2) is 0 Å². The molecule has 4 aliphatic rings. The highest BCUT2D eigenvalue weighted by atomic mass is 15.2. The van der Waals surface area contributed by atoms with Crippen LogP contribution in [0.4, 0.5) is 22.7 Å². The van der Waals surface area contributed by atoms with Gasteiger partial charge in [0.2, 0.25) is 0 Å². The summed E-state index contributed by atoms with van der Waals surface area (Å²) in [6, 6.07) is 82.8. The molecule has 0 bridgehead atoms. The summed E-state index contributed by atoms with van der Waals surface area (Å²) in [5.74, 6) is 0. The number of aryl methyl sites for hydroxylation is 2. The maximum Gasteiger partial charge on any atom is 0.0493 e. The Bertz CT molecular complexity index is 4270. The van der Waals surface area contributed by atoms with Crippen LogP contribution in [0.25, 0.3) is 87.6 Å². The lowest BCUT2D eigenvalue weighted by Gasteiger charge is -2.32. The first kappa shape index (κ1) is 44.5. The highest BCUT2D eigenvalue weighted by Gasteiger charge is 2.29. The Morgan fingerprint density at radius 3 is 1.42 bits per heavy atom. The molecule has 0 spiro atoms. The van der Waals surface area contributed by atoms with Gasteiger partial charge in [0, 0.05) is 34.1 Å². The first-order valence-electron chi connectivity index (χ1n) is 27.4. The minimum Gasteiger partial charge on any atom is -0.314 e. The van der Waals surface area contributed by atoms with Gasteiger partial charge in [0.1, 0.15) is 0 Å². The molecule has 362 valence electrons. The summed E-state index contributed by atoms with van der Waals surface area (Å²) in [6.07, 6.45) is 18.0. The largest absolute Gasteiger partial charge is 0.314 e. The molecule has 0 saturated carbocycles. The molecule has 2 nitrogen and oxygen atoms in total. The summed E-state index contributed by atoms with van der Waals surface area (Å²) in [4.78, 5) is 5.19.